The largest absolute Gasteiger partial charge is 0.394 e. The fourth-order valence-electron chi connectivity index (χ4n) is 2.18. The molecule has 0 saturated heterocycles. The van der Waals surface area contributed by atoms with Crippen molar-refractivity contribution in [3.8, 4) is 0 Å². The third kappa shape index (κ3) is 2.31. The Hall–Kier alpha value is -1.61. The van der Waals surface area contributed by atoms with Crippen LogP contribution in [0.25, 0.3) is 10.9 Å². The lowest BCUT2D eigenvalue weighted by Crippen LogP contribution is -2.40. The maximum Gasteiger partial charge on any atom is 0.0722 e. The van der Waals surface area contributed by atoms with Gasteiger partial charge in [-0.25, -0.2) is 0 Å². The van der Waals surface area contributed by atoms with Gasteiger partial charge in [0, 0.05) is 17.3 Å². The predicted molar refractivity (Wildman–Crippen MR) is 75.8 cm³/mol. The number of benzene rings is 1. The number of nitrogens with one attached hydrogen (secondary N) is 1. The molecule has 2 aromatic rings. The predicted octanol–water partition coefficient (Wildman–Crippen LogP) is 3.20. The smallest absolute Gasteiger partial charge is 0.0722 e. The average Bonchev–Trinajstić information content (AvgIpc) is 2.45. The lowest BCUT2D eigenvalue weighted by molar-refractivity contribution is 0.202. The van der Waals surface area contributed by atoms with Gasteiger partial charge in [-0.2, -0.15) is 0 Å². The van der Waals surface area contributed by atoms with Gasteiger partial charge in [0.05, 0.1) is 17.7 Å². The molecule has 2 N–H and O–H groups in total. The first-order valence-corrected chi connectivity index (χ1v) is 6.47. The van der Waals surface area contributed by atoms with E-state index in [2.05, 4.69) is 30.2 Å². The van der Waals surface area contributed by atoms with Gasteiger partial charge in [0.1, 0.15) is 0 Å². The van der Waals surface area contributed by atoms with Crippen LogP contribution in [0.15, 0.2) is 36.5 Å². The number of aliphatic hydroxyl groups excluding tert-OH is 1. The number of anilines is 1. The molecule has 0 aliphatic carbocycles. The summed E-state index contributed by atoms with van der Waals surface area (Å²) >= 11 is 0. The molecular formula is C15H20N2O. The van der Waals surface area contributed by atoms with Crippen molar-refractivity contribution in [3.05, 3.63) is 36.5 Å². The Morgan fingerprint density at radius 1 is 1.17 bits per heavy atom. The quantitative estimate of drug-likeness (QED) is 0.849. The van der Waals surface area contributed by atoms with E-state index in [1.165, 1.54) is 0 Å². The molecule has 0 unspecified atom stereocenters. The van der Waals surface area contributed by atoms with Crippen molar-refractivity contribution >= 4 is 16.6 Å². The summed E-state index contributed by atoms with van der Waals surface area (Å²) in [6.07, 6.45) is 3.57. The lowest BCUT2D eigenvalue weighted by atomic mass is 9.93. The van der Waals surface area contributed by atoms with Crippen molar-refractivity contribution in [1.29, 1.82) is 0 Å². The van der Waals surface area contributed by atoms with Gasteiger partial charge in [-0.15, -0.1) is 0 Å². The summed E-state index contributed by atoms with van der Waals surface area (Å²) in [6, 6.07) is 10.0. The minimum absolute atomic E-state index is 0.136. The minimum atomic E-state index is -0.246. The first-order chi connectivity index (χ1) is 8.74. The fraction of sp³-hybridized carbons (Fsp3) is 0.400. The number of aliphatic hydroxyl groups is 1. The van der Waals surface area contributed by atoms with Crippen molar-refractivity contribution in [1.82, 2.24) is 4.98 Å². The van der Waals surface area contributed by atoms with Crippen LogP contribution in [0.2, 0.25) is 0 Å². The second kappa shape index (κ2) is 5.36. The van der Waals surface area contributed by atoms with Crippen LogP contribution in [-0.4, -0.2) is 22.2 Å². The highest BCUT2D eigenvalue weighted by Gasteiger charge is 2.25. The Bertz CT molecular complexity index is 507. The first kappa shape index (κ1) is 12.8. The van der Waals surface area contributed by atoms with Crippen molar-refractivity contribution in [2.75, 3.05) is 11.9 Å². The molecule has 0 aliphatic heterocycles. The van der Waals surface area contributed by atoms with Gasteiger partial charge in [0.25, 0.3) is 0 Å². The molecule has 0 radical (unpaired) electrons. The normalized spacial score (nSPS) is 11.7. The summed E-state index contributed by atoms with van der Waals surface area (Å²) < 4.78 is 0. The monoisotopic (exact) mass is 244 g/mol. The molecule has 0 bridgehead atoms. The second-order valence-electron chi connectivity index (χ2n) is 4.65. The van der Waals surface area contributed by atoms with Crippen LogP contribution in [0.4, 0.5) is 5.69 Å². The Morgan fingerprint density at radius 2 is 1.89 bits per heavy atom. The van der Waals surface area contributed by atoms with Crippen LogP contribution >= 0.6 is 0 Å². The number of nitrogens with zero attached hydrogens (tertiary/aromatic N) is 1. The standard InChI is InChI=1S/C15H20N2O/c1-3-15(4-2,11-18)17-14-9-10-16-13-8-6-5-7-12(13)14/h5-10,18H,3-4,11H2,1-2H3,(H,16,17). The summed E-state index contributed by atoms with van der Waals surface area (Å²) in [4.78, 5) is 4.35. The van der Waals surface area contributed by atoms with Gasteiger partial charge in [-0.05, 0) is 25.0 Å². The van der Waals surface area contributed by atoms with Crippen molar-refractivity contribution < 1.29 is 5.11 Å². The molecule has 0 spiro atoms. The van der Waals surface area contributed by atoms with E-state index < -0.39 is 0 Å². The van der Waals surface area contributed by atoms with E-state index in [0.29, 0.717) is 0 Å². The number of pyridine rings is 1. The van der Waals surface area contributed by atoms with Crippen LogP contribution in [0.1, 0.15) is 26.7 Å². The number of para-hydroxylation sites is 1. The highest BCUT2D eigenvalue weighted by Crippen LogP contribution is 2.27. The van der Waals surface area contributed by atoms with Crippen LogP contribution in [0.3, 0.4) is 0 Å². The summed E-state index contributed by atoms with van der Waals surface area (Å²) in [5.74, 6) is 0. The zero-order valence-corrected chi connectivity index (χ0v) is 11.0. The van der Waals surface area contributed by atoms with E-state index in [1.54, 1.807) is 6.20 Å². The molecule has 96 valence electrons. The van der Waals surface area contributed by atoms with E-state index in [1.807, 2.05) is 24.3 Å². The van der Waals surface area contributed by atoms with Crippen molar-refractivity contribution in [2.24, 2.45) is 0 Å². The molecule has 0 fully saturated rings. The molecule has 1 aromatic carbocycles. The van der Waals surface area contributed by atoms with Crippen molar-refractivity contribution in [3.63, 3.8) is 0 Å². The average molecular weight is 244 g/mol. The number of aromatic nitrogens is 1. The summed E-state index contributed by atoms with van der Waals surface area (Å²) in [6.45, 7) is 4.32. The van der Waals surface area contributed by atoms with Gasteiger partial charge in [0.2, 0.25) is 0 Å². The minimum Gasteiger partial charge on any atom is -0.394 e. The number of fused-ring (bicyclic) bond motifs is 1. The zero-order valence-electron chi connectivity index (χ0n) is 11.0. The highest BCUT2D eigenvalue weighted by molar-refractivity contribution is 5.91. The topological polar surface area (TPSA) is 45.1 Å². The molecule has 1 heterocycles. The number of hydrogen-bond donors (Lipinski definition) is 2. The summed E-state index contributed by atoms with van der Waals surface area (Å²) in [7, 11) is 0. The van der Waals surface area contributed by atoms with Gasteiger partial charge in [0.15, 0.2) is 0 Å². The second-order valence-corrected chi connectivity index (χ2v) is 4.65. The maximum absolute atomic E-state index is 9.63. The Kier molecular flexibility index (Phi) is 3.82. The van der Waals surface area contributed by atoms with E-state index in [-0.39, 0.29) is 12.1 Å². The fourth-order valence-corrected chi connectivity index (χ4v) is 2.18. The van der Waals surface area contributed by atoms with E-state index in [4.69, 9.17) is 0 Å². The van der Waals surface area contributed by atoms with Crippen LogP contribution in [-0.2, 0) is 0 Å². The third-order valence-corrected chi connectivity index (χ3v) is 3.71. The van der Waals surface area contributed by atoms with Gasteiger partial charge < -0.3 is 10.4 Å². The molecular weight excluding hydrogens is 224 g/mol. The van der Waals surface area contributed by atoms with Crippen LogP contribution < -0.4 is 5.32 Å². The van der Waals surface area contributed by atoms with Crippen molar-refractivity contribution in [2.45, 2.75) is 32.2 Å². The molecule has 3 heteroatoms. The number of rotatable bonds is 5. The van der Waals surface area contributed by atoms with Gasteiger partial charge in [-0.3, -0.25) is 4.98 Å². The Labute approximate surface area is 108 Å². The van der Waals surface area contributed by atoms with E-state index in [9.17, 15) is 5.11 Å². The summed E-state index contributed by atoms with van der Waals surface area (Å²) in [5, 5.41) is 14.2. The zero-order chi connectivity index (χ0) is 13.0. The molecule has 2 rings (SSSR count). The van der Waals surface area contributed by atoms with Gasteiger partial charge in [-0.1, -0.05) is 32.0 Å². The maximum atomic E-state index is 9.63. The Balaban J connectivity index is 2.42. The number of hydrogen-bond acceptors (Lipinski definition) is 3. The van der Waals surface area contributed by atoms with Crippen LogP contribution in [0, 0.1) is 0 Å². The third-order valence-electron chi connectivity index (χ3n) is 3.71. The van der Waals surface area contributed by atoms with E-state index >= 15 is 0 Å². The molecule has 0 amide bonds. The first-order valence-electron chi connectivity index (χ1n) is 6.47. The molecule has 3 nitrogen and oxygen atoms in total. The summed E-state index contributed by atoms with van der Waals surface area (Å²) in [5.41, 5.74) is 1.77. The molecule has 0 aliphatic rings. The molecule has 18 heavy (non-hydrogen) atoms. The molecule has 0 atom stereocenters. The lowest BCUT2D eigenvalue weighted by Gasteiger charge is -2.32. The van der Waals surface area contributed by atoms with Gasteiger partial charge >= 0.3 is 0 Å². The molecule has 1 aromatic heterocycles. The SMILES string of the molecule is CCC(CC)(CO)Nc1ccnc2ccccc12. The van der Waals surface area contributed by atoms with E-state index in [0.717, 1.165) is 29.4 Å². The highest BCUT2D eigenvalue weighted by atomic mass is 16.3. The Morgan fingerprint density at radius 3 is 2.56 bits per heavy atom. The molecule has 0 saturated carbocycles. The van der Waals surface area contributed by atoms with Crippen LogP contribution in [0.5, 0.6) is 0 Å².